The highest BCUT2D eigenvalue weighted by Crippen LogP contribution is 2.30. The van der Waals surface area contributed by atoms with Gasteiger partial charge in [0.15, 0.2) is 0 Å². The first-order valence-electron chi connectivity index (χ1n) is 8.86. The van der Waals surface area contributed by atoms with Crippen LogP contribution >= 0.6 is 0 Å². The van der Waals surface area contributed by atoms with Crippen molar-refractivity contribution >= 4 is 5.91 Å². The van der Waals surface area contributed by atoms with E-state index in [1.54, 1.807) is 19.2 Å². The number of hydrogen-bond acceptors (Lipinski definition) is 4. The maximum atomic E-state index is 12.2. The van der Waals surface area contributed by atoms with Crippen LogP contribution in [0.5, 0.6) is 11.6 Å². The molecule has 0 atom stereocenters. The second-order valence-corrected chi connectivity index (χ2v) is 6.39. The van der Waals surface area contributed by atoms with Crippen molar-refractivity contribution in [3.8, 4) is 22.8 Å². The summed E-state index contributed by atoms with van der Waals surface area (Å²) in [6, 6.07) is 17.9. The lowest BCUT2D eigenvalue weighted by molar-refractivity contribution is 0.0950. The van der Waals surface area contributed by atoms with Gasteiger partial charge in [0.1, 0.15) is 5.75 Å². The highest BCUT2D eigenvalue weighted by atomic mass is 16.5. The highest BCUT2D eigenvalue weighted by molar-refractivity contribution is 5.93. The summed E-state index contributed by atoms with van der Waals surface area (Å²) in [5.74, 6) is 1.32. The number of fused-ring (bicyclic) bond motifs is 1. The summed E-state index contributed by atoms with van der Waals surface area (Å²) >= 11 is 0. The van der Waals surface area contributed by atoms with E-state index in [2.05, 4.69) is 34.6 Å². The molecular weight excluding hydrogens is 340 g/mol. The van der Waals surface area contributed by atoms with Gasteiger partial charge in [-0.15, -0.1) is 0 Å². The molecule has 0 fully saturated rings. The van der Waals surface area contributed by atoms with Gasteiger partial charge in [-0.2, -0.15) is 0 Å². The largest absolute Gasteiger partial charge is 0.493 e. The normalized spacial score (nSPS) is 12.2. The number of rotatable bonds is 5. The number of hydrogen-bond donors (Lipinski definition) is 1. The fourth-order valence-electron chi connectivity index (χ4n) is 3.10. The Kier molecular flexibility index (Phi) is 4.75. The molecule has 0 saturated heterocycles. The van der Waals surface area contributed by atoms with Crippen molar-refractivity contribution in [2.45, 2.75) is 13.0 Å². The van der Waals surface area contributed by atoms with Crippen molar-refractivity contribution in [3.63, 3.8) is 0 Å². The van der Waals surface area contributed by atoms with Crippen molar-refractivity contribution in [1.82, 2.24) is 10.3 Å². The Labute approximate surface area is 158 Å². The van der Waals surface area contributed by atoms with E-state index in [0.717, 1.165) is 29.9 Å². The standard InChI is InChI=1S/C22H20N2O3/c1-26-21-9-7-19(14-23-21)22(25)24-13-15-2-4-16(5-3-15)17-6-8-20-18(12-17)10-11-27-20/h2-9,12,14H,10-11,13H2,1H3,(H,24,25). The van der Waals surface area contributed by atoms with Gasteiger partial charge in [-0.1, -0.05) is 30.3 Å². The molecule has 1 aliphatic rings. The predicted octanol–water partition coefficient (Wildman–Crippen LogP) is 3.62. The van der Waals surface area contributed by atoms with E-state index in [4.69, 9.17) is 9.47 Å². The predicted molar refractivity (Wildman–Crippen MR) is 103 cm³/mol. The second kappa shape index (κ2) is 7.50. The molecule has 4 rings (SSSR count). The van der Waals surface area contributed by atoms with Crippen molar-refractivity contribution in [2.24, 2.45) is 0 Å². The molecule has 5 heteroatoms. The Morgan fingerprint density at radius 1 is 1.11 bits per heavy atom. The first-order valence-corrected chi connectivity index (χ1v) is 8.86. The van der Waals surface area contributed by atoms with Gasteiger partial charge < -0.3 is 14.8 Å². The van der Waals surface area contributed by atoms with Crippen molar-refractivity contribution in [2.75, 3.05) is 13.7 Å². The van der Waals surface area contributed by atoms with E-state index in [1.807, 2.05) is 18.2 Å². The zero-order valence-electron chi connectivity index (χ0n) is 15.1. The smallest absolute Gasteiger partial charge is 0.253 e. The maximum Gasteiger partial charge on any atom is 0.253 e. The third-order valence-electron chi connectivity index (χ3n) is 4.64. The molecule has 0 aliphatic carbocycles. The van der Waals surface area contributed by atoms with Crippen LogP contribution in [0.25, 0.3) is 11.1 Å². The van der Waals surface area contributed by atoms with Crippen molar-refractivity contribution in [3.05, 3.63) is 77.5 Å². The average molecular weight is 360 g/mol. The van der Waals surface area contributed by atoms with Gasteiger partial charge in [0.2, 0.25) is 5.88 Å². The lowest BCUT2D eigenvalue weighted by Crippen LogP contribution is -2.22. The van der Waals surface area contributed by atoms with Crippen LogP contribution in [0.3, 0.4) is 0 Å². The number of ether oxygens (including phenoxy) is 2. The monoisotopic (exact) mass is 360 g/mol. The number of aromatic nitrogens is 1. The summed E-state index contributed by atoms with van der Waals surface area (Å²) in [6.07, 6.45) is 2.47. The van der Waals surface area contributed by atoms with Crippen LogP contribution in [0.4, 0.5) is 0 Å². The maximum absolute atomic E-state index is 12.2. The number of carbonyl (C=O) groups is 1. The minimum absolute atomic E-state index is 0.159. The molecule has 1 N–H and O–H groups in total. The van der Waals surface area contributed by atoms with Gasteiger partial charge in [0.25, 0.3) is 5.91 Å². The van der Waals surface area contributed by atoms with E-state index >= 15 is 0 Å². The van der Waals surface area contributed by atoms with Crippen LogP contribution in [-0.2, 0) is 13.0 Å². The van der Waals surface area contributed by atoms with Gasteiger partial charge >= 0.3 is 0 Å². The molecule has 0 spiro atoms. The molecular formula is C22H20N2O3. The van der Waals surface area contributed by atoms with Crippen LogP contribution in [0.15, 0.2) is 60.8 Å². The Morgan fingerprint density at radius 3 is 2.67 bits per heavy atom. The van der Waals surface area contributed by atoms with E-state index in [-0.39, 0.29) is 5.91 Å². The lowest BCUT2D eigenvalue weighted by atomic mass is 10.0. The minimum Gasteiger partial charge on any atom is -0.493 e. The molecule has 0 unspecified atom stereocenters. The number of nitrogens with zero attached hydrogens (tertiary/aromatic N) is 1. The number of amides is 1. The summed E-state index contributed by atoms with van der Waals surface area (Å²) in [6.45, 7) is 1.23. The van der Waals surface area contributed by atoms with Crippen LogP contribution in [0.2, 0.25) is 0 Å². The SMILES string of the molecule is COc1ccc(C(=O)NCc2ccc(-c3ccc4c(c3)CCO4)cc2)cn1. The molecule has 1 aliphatic heterocycles. The zero-order chi connectivity index (χ0) is 18.6. The fraction of sp³-hybridized carbons (Fsp3) is 0.182. The third-order valence-corrected chi connectivity index (χ3v) is 4.64. The van der Waals surface area contributed by atoms with E-state index in [9.17, 15) is 4.79 Å². The first-order chi connectivity index (χ1) is 13.2. The number of nitrogens with one attached hydrogen (secondary N) is 1. The third kappa shape index (κ3) is 3.77. The van der Waals surface area contributed by atoms with Gasteiger partial charge in [-0.05, 0) is 40.5 Å². The molecule has 1 amide bonds. The van der Waals surface area contributed by atoms with Crippen LogP contribution in [0.1, 0.15) is 21.5 Å². The minimum atomic E-state index is -0.159. The first kappa shape index (κ1) is 17.1. The zero-order valence-corrected chi connectivity index (χ0v) is 15.1. The Hall–Kier alpha value is -3.34. The molecule has 5 nitrogen and oxygen atoms in total. The molecule has 27 heavy (non-hydrogen) atoms. The van der Waals surface area contributed by atoms with Gasteiger partial charge in [-0.25, -0.2) is 4.98 Å². The summed E-state index contributed by atoms with van der Waals surface area (Å²) in [4.78, 5) is 16.3. The van der Waals surface area contributed by atoms with E-state index < -0.39 is 0 Å². The summed E-state index contributed by atoms with van der Waals surface area (Å²) in [5, 5.41) is 2.91. The molecule has 2 aromatic carbocycles. The number of pyridine rings is 1. The van der Waals surface area contributed by atoms with Crippen molar-refractivity contribution < 1.29 is 14.3 Å². The van der Waals surface area contributed by atoms with Gasteiger partial charge in [-0.3, -0.25) is 4.79 Å². The fourth-order valence-corrected chi connectivity index (χ4v) is 3.10. The molecule has 0 bridgehead atoms. The molecule has 0 radical (unpaired) electrons. The summed E-state index contributed by atoms with van der Waals surface area (Å²) in [7, 11) is 1.54. The number of carbonyl (C=O) groups excluding carboxylic acids is 1. The van der Waals surface area contributed by atoms with E-state index in [1.165, 1.54) is 17.3 Å². The molecule has 2 heterocycles. The molecule has 136 valence electrons. The van der Waals surface area contributed by atoms with E-state index in [0.29, 0.717) is 18.0 Å². The summed E-state index contributed by atoms with van der Waals surface area (Å²) in [5.41, 5.74) is 5.14. The van der Waals surface area contributed by atoms with Crippen LogP contribution in [-0.4, -0.2) is 24.6 Å². The molecule has 0 saturated carbocycles. The van der Waals surface area contributed by atoms with Crippen molar-refractivity contribution in [1.29, 1.82) is 0 Å². The molecule has 1 aromatic heterocycles. The number of methoxy groups -OCH3 is 1. The Bertz CT molecular complexity index is 950. The average Bonchev–Trinajstić information content (AvgIpc) is 3.20. The second-order valence-electron chi connectivity index (χ2n) is 6.39. The topological polar surface area (TPSA) is 60.5 Å². The van der Waals surface area contributed by atoms with Gasteiger partial charge in [0.05, 0.1) is 19.3 Å². The van der Waals surface area contributed by atoms with Crippen LogP contribution in [0, 0.1) is 0 Å². The highest BCUT2D eigenvalue weighted by Gasteiger charge is 2.12. The Balaban J connectivity index is 1.39. The Morgan fingerprint density at radius 2 is 1.93 bits per heavy atom. The lowest BCUT2D eigenvalue weighted by Gasteiger charge is -2.08. The summed E-state index contributed by atoms with van der Waals surface area (Å²) < 4.78 is 10.6. The van der Waals surface area contributed by atoms with Gasteiger partial charge in [0, 0.05) is 25.2 Å². The number of benzene rings is 2. The quantitative estimate of drug-likeness (QED) is 0.755. The molecule has 3 aromatic rings. The van der Waals surface area contributed by atoms with Crippen LogP contribution < -0.4 is 14.8 Å².